The van der Waals surface area contributed by atoms with Gasteiger partial charge in [-0.1, -0.05) is 23.7 Å². The van der Waals surface area contributed by atoms with E-state index in [1.165, 1.54) is 24.4 Å². The van der Waals surface area contributed by atoms with Crippen molar-refractivity contribution in [1.82, 2.24) is 9.97 Å². The monoisotopic (exact) mass is 311 g/mol. The molecule has 0 radical (unpaired) electrons. The van der Waals surface area contributed by atoms with Gasteiger partial charge in [0.1, 0.15) is 5.82 Å². The van der Waals surface area contributed by atoms with E-state index in [1.807, 2.05) is 0 Å². The maximum atomic E-state index is 12.7. The quantitative estimate of drug-likeness (QED) is 0.535. The van der Waals surface area contributed by atoms with Crippen LogP contribution in [0.25, 0.3) is 6.08 Å². The van der Waals surface area contributed by atoms with E-state index >= 15 is 0 Å². The summed E-state index contributed by atoms with van der Waals surface area (Å²) in [5, 5.41) is 2.55. The number of carbonyl (C=O) groups is 1. The summed E-state index contributed by atoms with van der Waals surface area (Å²) in [6.07, 6.45) is 4.14. The van der Waals surface area contributed by atoms with Gasteiger partial charge >= 0.3 is 0 Å². The van der Waals surface area contributed by atoms with E-state index in [0.29, 0.717) is 5.56 Å². The molecule has 2 aromatic rings. The number of carbonyl (C=O) groups excluding carboxylic acids is 1. The first-order chi connectivity index (χ1) is 9.54. The van der Waals surface area contributed by atoms with E-state index in [-0.39, 0.29) is 21.9 Å². The zero-order valence-corrected chi connectivity index (χ0v) is 11.5. The highest BCUT2D eigenvalue weighted by molar-refractivity contribution is 6.34. The van der Waals surface area contributed by atoms with Crippen LogP contribution in [0, 0.1) is 5.82 Å². The summed E-state index contributed by atoms with van der Waals surface area (Å²) in [5.74, 6) is -0.751. The molecule has 0 bridgehead atoms. The van der Waals surface area contributed by atoms with Crippen molar-refractivity contribution < 1.29 is 9.18 Å². The van der Waals surface area contributed by atoms with E-state index in [0.717, 1.165) is 0 Å². The second-order valence-electron chi connectivity index (χ2n) is 3.72. The molecule has 7 heteroatoms. The molecule has 2 rings (SSSR count). The Morgan fingerprint density at radius 2 is 1.95 bits per heavy atom. The zero-order chi connectivity index (χ0) is 14.5. The molecule has 0 saturated carbocycles. The van der Waals surface area contributed by atoms with Gasteiger partial charge in [0.25, 0.3) is 0 Å². The van der Waals surface area contributed by atoms with Crippen molar-refractivity contribution in [3.05, 3.63) is 58.4 Å². The number of rotatable bonds is 3. The lowest BCUT2D eigenvalue weighted by molar-refractivity contribution is -0.111. The average molecular weight is 312 g/mol. The number of nitrogens with one attached hydrogen (secondary N) is 1. The van der Waals surface area contributed by atoms with Crippen molar-refractivity contribution in [3.8, 4) is 0 Å². The van der Waals surface area contributed by atoms with Crippen LogP contribution in [0.3, 0.4) is 0 Å². The van der Waals surface area contributed by atoms with Crippen molar-refractivity contribution in [2.24, 2.45) is 0 Å². The molecule has 0 fully saturated rings. The lowest BCUT2D eigenvalue weighted by Crippen LogP contribution is -2.09. The highest BCUT2D eigenvalue weighted by Crippen LogP contribution is 2.19. The molecule has 0 unspecified atom stereocenters. The minimum absolute atomic E-state index is 0.00477. The highest BCUT2D eigenvalue weighted by Gasteiger charge is 2.05. The Bertz CT molecular complexity index is 659. The van der Waals surface area contributed by atoms with E-state index in [4.69, 9.17) is 23.2 Å². The Morgan fingerprint density at radius 3 is 2.60 bits per heavy atom. The highest BCUT2D eigenvalue weighted by atomic mass is 35.5. The van der Waals surface area contributed by atoms with Crippen LogP contribution in [0.1, 0.15) is 5.56 Å². The Labute approximate surface area is 124 Å². The Morgan fingerprint density at radius 1 is 1.25 bits per heavy atom. The summed E-state index contributed by atoms with van der Waals surface area (Å²) in [7, 11) is 0. The molecule has 1 heterocycles. The first kappa shape index (κ1) is 14.4. The molecule has 1 N–H and O–H groups in total. The number of aromatic nitrogens is 2. The van der Waals surface area contributed by atoms with Crippen LogP contribution in [-0.4, -0.2) is 15.9 Å². The van der Waals surface area contributed by atoms with Gasteiger partial charge in [-0.15, -0.1) is 0 Å². The summed E-state index contributed by atoms with van der Waals surface area (Å²) in [5.41, 5.74) is 0.949. The van der Waals surface area contributed by atoms with Crippen LogP contribution in [0.2, 0.25) is 10.4 Å². The number of halogens is 3. The largest absolute Gasteiger partial charge is 0.319 e. The Hall–Kier alpha value is -1.98. The first-order valence-electron chi connectivity index (χ1n) is 5.47. The van der Waals surface area contributed by atoms with E-state index in [9.17, 15) is 9.18 Å². The summed E-state index contributed by atoms with van der Waals surface area (Å²) >= 11 is 11.3. The SMILES string of the molecule is O=C(/C=C/c1ccc(F)cc1)Nc1cnc(Cl)nc1Cl. The predicted octanol–water partition coefficient (Wildman–Crippen LogP) is 3.57. The maximum Gasteiger partial charge on any atom is 0.248 e. The third-order valence-corrected chi connectivity index (χ3v) is 2.74. The predicted molar refractivity (Wildman–Crippen MR) is 76.1 cm³/mol. The van der Waals surface area contributed by atoms with Gasteiger partial charge in [0.15, 0.2) is 5.15 Å². The minimum atomic E-state index is -0.415. The fraction of sp³-hybridized carbons (Fsp3) is 0. The number of amides is 1. The molecule has 0 atom stereocenters. The van der Waals surface area contributed by atoms with Crippen molar-refractivity contribution in [2.75, 3.05) is 5.32 Å². The lowest BCUT2D eigenvalue weighted by Gasteiger charge is -2.03. The number of hydrogen-bond acceptors (Lipinski definition) is 3. The third kappa shape index (κ3) is 4.01. The van der Waals surface area contributed by atoms with Crippen molar-refractivity contribution in [1.29, 1.82) is 0 Å². The topological polar surface area (TPSA) is 54.9 Å². The molecule has 0 saturated heterocycles. The lowest BCUT2D eigenvalue weighted by atomic mass is 10.2. The third-order valence-electron chi connectivity index (χ3n) is 2.27. The molecule has 4 nitrogen and oxygen atoms in total. The Kier molecular flexibility index (Phi) is 4.65. The number of anilines is 1. The maximum absolute atomic E-state index is 12.7. The van der Waals surface area contributed by atoms with Crippen molar-refractivity contribution >= 4 is 40.9 Å². The number of benzene rings is 1. The van der Waals surface area contributed by atoms with Gasteiger partial charge in [-0.25, -0.2) is 14.4 Å². The molecule has 1 aromatic heterocycles. The molecule has 0 aliphatic carbocycles. The molecule has 1 aromatic carbocycles. The second kappa shape index (κ2) is 6.45. The molecule has 0 spiro atoms. The van der Waals surface area contributed by atoms with Gasteiger partial charge in [0, 0.05) is 6.08 Å². The summed E-state index contributed by atoms with van der Waals surface area (Å²) in [4.78, 5) is 19.1. The smallest absolute Gasteiger partial charge is 0.248 e. The standard InChI is InChI=1S/C13H8Cl2FN3O/c14-12-10(7-17-13(15)19-12)18-11(20)6-3-8-1-4-9(16)5-2-8/h1-7H,(H,18,20)/b6-3+. The summed E-state index contributed by atoms with van der Waals surface area (Å²) < 4.78 is 12.7. The van der Waals surface area contributed by atoms with Gasteiger partial charge < -0.3 is 5.32 Å². The molecule has 0 aliphatic heterocycles. The van der Waals surface area contributed by atoms with Crippen LogP contribution in [0.15, 0.2) is 36.5 Å². The minimum Gasteiger partial charge on any atom is -0.319 e. The molecule has 102 valence electrons. The number of nitrogens with zero attached hydrogens (tertiary/aromatic N) is 2. The molecular weight excluding hydrogens is 304 g/mol. The molecule has 20 heavy (non-hydrogen) atoms. The summed E-state index contributed by atoms with van der Waals surface area (Å²) in [6, 6.07) is 5.72. The second-order valence-corrected chi connectivity index (χ2v) is 4.41. The van der Waals surface area contributed by atoms with Crippen molar-refractivity contribution in [3.63, 3.8) is 0 Å². The van der Waals surface area contributed by atoms with Crippen LogP contribution >= 0.6 is 23.2 Å². The van der Waals surface area contributed by atoms with Crippen LogP contribution in [0.5, 0.6) is 0 Å². The molecule has 1 amide bonds. The zero-order valence-electron chi connectivity index (χ0n) is 9.98. The molecular formula is C13H8Cl2FN3O. The first-order valence-corrected chi connectivity index (χ1v) is 6.23. The van der Waals surface area contributed by atoms with Gasteiger partial charge in [-0.05, 0) is 35.4 Å². The Balaban J connectivity index is 2.03. The van der Waals surface area contributed by atoms with E-state index in [2.05, 4.69) is 15.3 Å². The van der Waals surface area contributed by atoms with Crippen molar-refractivity contribution in [2.45, 2.75) is 0 Å². The average Bonchev–Trinajstić information content (AvgIpc) is 2.41. The van der Waals surface area contributed by atoms with Crippen LogP contribution in [0.4, 0.5) is 10.1 Å². The number of hydrogen-bond donors (Lipinski definition) is 1. The van der Waals surface area contributed by atoms with Gasteiger partial charge in [0.05, 0.1) is 11.9 Å². The summed E-state index contributed by atoms with van der Waals surface area (Å²) in [6.45, 7) is 0. The van der Waals surface area contributed by atoms with Gasteiger partial charge in [0.2, 0.25) is 11.2 Å². The van der Waals surface area contributed by atoms with Crippen LogP contribution < -0.4 is 5.32 Å². The van der Waals surface area contributed by atoms with Crippen LogP contribution in [-0.2, 0) is 4.79 Å². The molecule has 0 aliphatic rings. The van der Waals surface area contributed by atoms with E-state index in [1.54, 1.807) is 18.2 Å². The van der Waals surface area contributed by atoms with Gasteiger partial charge in [-0.2, -0.15) is 0 Å². The van der Waals surface area contributed by atoms with E-state index < -0.39 is 5.91 Å². The van der Waals surface area contributed by atoms with Gasteiger partial charge in [-0.3, -0.25) is 4.79 Å². The fourth-order valence-corrected chi connectivity index (χ4v) is 1.70. The fourth-order valence-electron chi connectivity index (χ4n) is 1.35. The normalized spacial score (nSPS) is 10.8.